The van der Waals surface area contributed by atoms with Gasteiger partial charge in [-0.15, -0.1) is 0 Å². The molecule has 0 bridgehead atoms. The smallest absolute Gasteiger partial charge is 0.0895 e. The predicted molar refractivity (Wildman–Crippen MR) is 60.7 cm³/mol. The van der Waals surface area contributed by atoms with Crippen molar-refractivity contribution in [1.82, 2.24) is 5.32 Å². The van der Waals surface area contributed by atoms with Crippen LogP contribution in [0.2, 0.25) is 0 Å². The molecular formula is C10H21NO2S. The lowest BCUT2D eigenvalue weighted by Gasteiger charge is -2.28. The van der Waals surface area contributed by atoms with Crippen molar-refractivity contribution >= 4 is 11.8 Å². The van der Waals surface area contributed by atoms with E-state index in [1.165, 1.54) is 25.7 Å². The molecule has 1 aliphatic carbocycles. The molecule has 1 fully saturated rings. The van der Waals surface area contributed by atoms with Gasteiger partial charge in [0, 0.05) is 17.8 Å². The second-order valence-corrected chi connectivity index (χ2v) is 5.09. The second kappa shape index (κ2) is 6.67. The zero-order chi connectivity index (χ0) is 10.4. The Labute approximate surface area is 90.3 Å². The monoisotopic (exact) mass is 219 g/mol. The van der Waals surface area contributed by atoms with Crippen molar-refractivity contribution in [3.63, 3.8) is 0 Å². The zero-order valence-corrected chi connectivity index (χ0v) is 9.59. The van der Waals surface area contributed by atoms with Gasteiger partial charge in [0.15, 0.2) is 0 Å². The normalized spacial score (nSPS) is 30.2. The summed E-state index contributed by atoms with van der Waals surface area (Å²) in [6, 6.07) is 0.541. The van der Waals surface area contributed by atoms with Gasteiger partial charge in [0.05, 0.1) is 12.7 Å². The van der Waals surface area contributed by atoms with E-state index in [0.29, 0.717) is 12.6 Å². The molecule has 3 N–H and O–H groups in total. The van der Waals surface area contributed by atoms with E-state index in [1.807, 2.05) is 11.8 Å². The minimum Gasteiger partial charge on any atom is -0.394 e. The SMILES string of the molecule is CSC1CCC(NC[C@H](O)CO)CC1. The number of hydrogen-bond acceptors (Lipinski definition) is 4. The molecule has 14 heavy (non-hydrogen) atoms. The van der Waals surface area contributed by atoms with Gasteiger partial charge in [0.25, 0.3) is 0 Å². The fraction of sp³-hybridized carbons (Fsp3) is 1.00. The van der Waals surface area contributed by atoms with Crippen molar-refractivity contribution in [2.75, 3.05) is 19.4 Å². The largest absolute Gasteiger partial charge is 0.394 e. The van der Waals surface area contributed by atoms with Crippen LogP contribution in [0.3, 0.4) is 0 Å². The molecule has 1 aliphatic rings. The zero-order valence-electron chi connectivity index (χ0n) is 8.78. The van der Waals surface area contributed by atoms with Gasteiger partial charge in [-0.3, -0.25) is 0 Å². The fourth-order valence-electron chi connectivity index (χ4n) is 1.87. The van der Waals surface area contributed by atoms with Crippen molar-refractivity contribution in [3.05, 3.63) is 0 Å². The van der Waals surface area contributed by atoms with Crippen LogP contribution < -0.4 is 5.32 Å². The lowest BCUT2D eigenvalue weighted by Crippen LogP contribution is -2.39. The Morgan fingerprint density at radius 3 is 2.50 bits per heavy atom. The van der Waals surface area contributed by atoms with Crippen LogP contribution in [0, 0.1) is 0 Å². The summed E-state index contributed by atoms with van der Waals surface area (Å²) in [4.78, 5) is 0. The molecule has 1 rings (SSSR count). The van der Waals surface area contributed by atoms with Crippen molar-refractivity contribution in [2.45, 2.75) is 43.1 Å². The Morgan fingerprint density at radius 2 is 2.00 bits per heavy atom. The van der Waals surface area contributed by atoms with Crippen molar-refractivity contribution < 1.29 is 10.2 Å². The van der Waals surface area contributed by atoms with Crippen LogP contribution in [0.5, 0.6) is 0 Å². The molecule has 0 amide bonds. The van der Waals surface area contributed by atoms with E-state index in [9.17, 15) is 5.11 Å². The summed E-state index contributed by atoms with van der Waals surface area (Å²) in [7, 11) is 0. The van der Waals surface area contributed by atoms with Gasteiger partial charge < -0.3 is 15.5 Å². The third kappa shape index (κ3) is 4.17. The molecule has 0 aromatic carbocycles. The highest BCUT2D eigenvalue weighted by molar-refractivity contribution is 7.99. The van der Waals surface area contributed by atoms with E-state index >= 15 is 0 Å². The van der Waals surface area contributed by atoms with E-state index in [2.05, 4.69) is 11.6 Å². The molecule has 3 nitrogen and oxygen atoms in total. The van der Waals surface area contributed by atoms with E-state index < -0.39 is 6.10 Å². The maximum absolute atomic E-state index is 9.17. The molecule has 1 saturated carbocycles. The lowest BCUT2D eigenvalue weighted by molar-refractivity contribution is 0.0904. The van der Waals surface area contributed by atoms with Crippen LogP contribution in [0.4, 0.5) is 0 Å². The molecule has 0 radical (unpaired) electrons. The van der Waals surface area contributed by atoms with Crippen molar-refractivity contribution in [1.29, 1.82) is 0 Å². The summed E-state index contributed by atoms with van der Waals surface area (Å²) in [6.45, 7) is 0.373. The molecular weight excluding hydrogens is 198 g/mol. The summed E-state index contributed by atoms with van der Waals surface area (Å²) < 4.78 is 0. The van der Waals surface area contributed by atoms with Crippen LogP contribution in [-0.2, 0) is 0 Å². The van der Waals surface area contributed by atoms with Gasteiger partial charge >= 0.3 is 0 Å². The highest BCUT2D eigenvalue weighted by Gasteiger charge is 2.20. The highest BCUT2D eigenvalue weighted by Crippen LogP contribution is 2.26. The number of rotatable bonds is 5. The van der Waals surface area contributed by atoms with Crippen LogP contribution in [0.15, 0.2) is 0 Å². The van der Waals surface area contributed by atoms with Crippen LogP contribution in [-0.4, -0.2) is 47.0 Å². The Morgan fingerprint density at radius 1 is 1.36 bits per heavy atom. The highest BCUT2D eigenvalue weighted by atomic mass is 32.2. The minimum absolute atomic E-state index is 0.146. The first-order valence-electron chi connectivity index (χ1n) is 5.31. The molecule has 84 valence electrons. The average Bonchev–Trinajstić information content (AvgIpc) is 2.26. The van der Waals surface area contributed by atoms with Gasteiger partial charge in [0.2, 0.25) is 0 Å². The number of thioether (sulfide) groups is 1. The number of aliphatic hydroxyl groups excluding tert-OH is 2. The third-order valence-electron chi connectivity index (χ3n) is 2.86. The van der Waals surface area contributed by atoms with Gasteiger partial charge in [-0.05, 0) is 31.9 Å². The molecule has 0 spiro atoms. The van der Waals surface area contributed by atoms with Crippen LogP contribution in [0.25, 0.3) is 0 Å². The summed E-state index contributed by atoms with van der Waals surface area (Å²) in [5, 5.41) is 21.9. The summed E-state index contributed by atoms with van der Waals surface area (Å²) in [6.07, 6.45) is 6.51. The summed E-state index contributed by atoms with van der Waals surface area (Å²) >= 11 is 1.96. The second-order valence-electron chi connectivity index (χ2n) is 3.95. The standard InChI is InChI=1S/C10H21NO2S/c1-14-10-4-2-8(3-5-10)11-6-9(13)7-12/h8-13H,2-7H2,1H3/t8?,9-,10?/m0/s1. The van der Waals surface area contributed by atoms with E-state index in [4.69, 9.17) is 5.11 Å². The third-order valence-corrected chi connectivity index (χ3v) is 4.00. The Kier molecular flexibility index (Phi) is 5.86. The summed E-state index contributed by atoms with van der Waals surface area (Å²) in [5.41, 5.74) is 0. The predicted octanol–water partition coefficient (Wildman–Crippen LogP) is 0.603. The van der Waals surface area contributed by atoms with E-state index in [-0.39, 0.29) is 6.61 Å². The summed E-state index contributed by atoms with van der Waals surface area (Å²) in [5.74, 6) is 0. The minimum atomic E-state index is -0.603. The Bertz CT molecular complexity index is 149. The quantitative estimate of drug-likeness (QED) is 0.634. The molecule has 0 aromatic rings. The molecule has 0 heterocycles. The first kappa shape index (κ1) is 12.3. The van der Waals surface area contributed by atoms with Gasteiger partial charge in [-0.2, -0.15) is 11.8 Å². The maximum atomic E-state index is 9.17. The van der Waals surface area contributed by atoms with Crippen molar-refractivity contribution in [3.8, 4) is 0 Å². The van der Waals surface area contributed by atoms with Crippen molar-refractivity contribution in [2.24, 2.45) is 0 Å². The Balaban J connectivity index is 2.10. The fourth-order valence-corrected chi connectivity index (χ4v) is 2.61. The molecule has 0 unspecified atom stereocenters. The number of aliphatic hydroxyl groups is 2. The van der Waals surface area contributed by atoms with E-state index in [1.54, 1.807) is 0 Å². The Hall–Kier alpha value is 0.230. The molecule has 0 saturated heterocycles. The van der Waals surface area contributed by atoms with E-state index in [0.717, 1.165) is 5.25 Å². The number of nitrogens with one attached hydrogen (secondary N) is 1. The first-order valence-corrected chi connectivity index (χ1v) is 6.60. The molecule has 1 atom stereocenters. The van der Waals surface area contributed by atoms with Gasteiger partial charge in [-0.25, -0.2) is 0 Å². The van der Waals surface area contributed by atoms with Gasteiger partial charge in [0.1, 0.15) is 0 Å². The molecule has 0 aliphatic heterocycles. The van der Waals surface area contributed by atoms with Gasteiger partial charge in [-0.1, -0.05) is 0 Å². The first-order chi connectivity index (χ1) is 6.76. The molecule has 4 heteroatoms. The van der Waals surface area contributed by atoms with Crippen LogP contribution in [0.1, 0.15) is 25.7 Å². The van der Waals surface area contributed by atoms with Crippen LogP contribution >= 0.6 is 11.8 Å². The lowest BCUT2D eigenvalue weighted by atomic mass is 9.95. The molecule has 0 aromatic heterocycles. The number of hydrogen-bond donors (Lipinski definition) is 3. The average molecular weight is 219 g/mol. The topological polar surface area (TPSA) is 52.5 Å². The maximum Gasteiger partial charge on any atom is 0.0895 e.